The smallest absolute Gasteiger partial charge is 0.249 e. The summed E-state index contributed by atoms with van der Waals surface area (Å²) in [5, 5.41) is 8.12. The third kappa shape index (κ3) is 3.29. The van der Waals surface area contributed by atoms with E-state index in [1.807, 2.05) is 18.2 Å². The fourth-order valence-electron chi connectivity index (χ4n) is 3.40. The van der Waals surface area contributed by atoms with Gasteiger partial charge in [0.05, 0.1) is 11.8 Å². The van der Waals surface area contributed by atoms with Crippen molar-refractivity contribution < 1.29 is 14.3 Å². The van der Waals surface area contributed by atoms with E-state index in [4.69, 9.17) is 4.74 Å². The first-order valence-corrected chi connectivity index (χ1v) is 8.94. The molecule has 2 heterocycles. The van der Waals surface area contributed by atoms with Gasteiger partial charge in [-0.1, -0.05) is 28.6 Å². The summed E-state index contributed by atoms with van der Waals surface area (Å²) < 4.78 is 6.62. The Morgan fingerprint density at radius 1 is 1.19 bits per heavy atom. The second-order valence-electron chi connectivity index (χ2n) is 6.22. The lowest BCUT2D eigenvalue weighted by atomic mass is 9.73. The summed E-state index contributed by atoms with van der Waals surface area (Å²) in [5.74, 6) is -1.56. The largest absolute Gasteiger partial charge is 0.489 e. The molecule has 0 spiro atoms. The lowest BCUT2D eigenvalue weighted by Crippen LogP contribution is -2.38. The summed E-state index contributed by atoms with van der Waals surface area (Å²) in [4.78, 5) is 25.0. The van der Waals surface area contributed by atoms with E-state index >= 15 is 0 Å². The lowest BCUT2D eigenvalue weighted by Gasteiger charge is -2.28. The van der Waals surface area contributed by atoms with Gasteiger partial charge < -0.3 is 4.74 Å². The molecule has 0 saturated heterocycles. The van der Waals surface area contributed by atoms with Crippen molar-refractivity contribution in [2.75, 3.05) is 6.61 Å². The minimum atomic E-state index is -0.589. The number of hydrogen-bond donors (Lipinski definition) is 2. The van der Waals surface area contributed by atoms with E-state index in [1.54, 1.807) is 19.9 Å². The average molecular weight is 419 g/mol. The molecule has 2 N–H and O–H groups in total. The van der Waals surface area contributed by atoms with E-state index in [-0.39, 0.29) is 11.8 Å². The highest BCUT2D eigenvalue weighted by molar-refractivity contribution is 9.10. The Bertz CT molecular complexity index is 796. The van der Waals surface area contributed by atoms with Crippen molar-refractivity contribution in [3.05, 3.63) is 40.9 Å². The summed E-state index contributed by atoms with van der Waals surface area (Å²) in [5.41, 5.74) is 7.02. The molecule has 1 aromatic rings. The Morgan fingerprint density at radius 3 is 2.23 bits per heavy atom. The van der Waals surface area contributed by atoms with Gasteiger partial charge in [-0.3, -0.25) is 9.59 Å². The number of halogens is 1. The van der Waals surface area contributed by atoms with Crippen molar-refractivity contribution in [1.82, 2.24) is 10.9 Å². The molecule has 0 bridgehead atoms. The molecule has 2 atom stereocenters. The summed E-state index contributed by atoms with van der Waals surface area (Å²) in [6.45, 7) is 7.53. The molecular weight excluding hydrogens is 400 g/mol. The molecular formula is C18H19BrN4O3. The molecule has 7 nitrogen and oxygen atoms in total. The van der Waals surface area contributed by atoms with Crippen LogP contribution in [-0.2, 0) is 9.59 Å². The van der Waals surface area contributed by atoms with Gasteiger partial charge in [0, 0.05) is 27.4 Å². The predicted octanol–water partition coefficient (Wildman–Crippen LogP) is 2.34. The van der Waals surface area contributed by atoms with Crippen LogP contribution in [-0.4, -0.2) is 29.8 Å². The van der Waals surface area contributed by atoms with Crippen LogP contribution >= 0.6 is 15.9 Å². The number of hydrogen-bond acceptors (Lipinski definition) is 5. The third-order valence-electron chi connectivity index (χ3n) is 4.56. The first-order chi connectivity index (χ1) is 12.4. The highest BCUT2D eigenvalue weighted by Crippen LogP contribution is 2.42. The standard InChI is InChI=1S/C18H19BrN4O3/c1-4-7-26-13-6-5-11(19)8-12(13)16(14-9(2)20-22-17(14)24)15-10(3)21-23-18(15)25/h4-6,8,14-16H,1,7H2,2-3H3,(H,22,24)(H,23,25). The van der Waals surface area contributed by atoms with Crippen LogP contribution < -0.4 is 15.6 Å². The fourth-order valence-corrected chi connectivity index (χ4v) is 3.78. The maximum Gasteiger partial charge on any atom is 0.249 e. The quantitative estimate of drug-likeness (QED) is 0.694. The van der Waals surface area contributed by atoms with Gasteiger partial charge in [-0.05, 0) is 32.0 Å². The van der Waals surface area contributed by atoms with Crippen LogP contribution in [0.15, 0.2) is 45.5 Å². The normalized spacial score (nSPS) is 23.0. The summed E-state index contributed by atoms with van der Waals surface area (Å²) >= 11 is 3.47. The van der Waals surface area contributed by atoms with E-state index in [2.05, 4.69) is 43.6 Å². The van der Waals surface area contributed by atoms with Crippen molar-refractivity contribution in [2.45, 2.75) is 19.8 Å². The number of hydrazone groups is 2. The Labute approximate surface area is 159 Å². The maximum absolute atomic E-state index is 12.5. The molecule has 3 rings (SSSR count). The van der Waals surface area contributed by atoms with Gasteiger partial charge >= 0.3 is 0 Å². The minimum absolute atomic E-state index is 0.241. The van der Waals surface area contributed by atoms with E-state index < -0.39 is 17.8 Å². The van der Waals surface area contributed by atoms with E-state index in [9.17, 15) is 9.59 Å². The van der Waals surface area contributed by atoms with Gasteiger partial charge in [-0.2, -0.15) is 10.2 Å². The molecule has 0 saturated carbocycles. The van der Waals surface area contributed by atoms with Crippen LogP contribution in [0.4, 0.5) is 0 Å². The molecule has 26 heavy (non-hydrogen) atoms. The topological polar surface area (TPSA) is 92.1 Å². The molecule has 0 radical (unpaired) electrons. The summed E-state index contributed by atoms with van der Waals surface area (Å²) in [6, 6.07) is 5.54. The first-order valence-electron chi connectivity index (χ1n) is 8.15. The van der Waals surface area contributed by atoms with Crippen molar-refractivity contribution in [1.29, 1.82) is 0 Å². The molecule has 0 fully saturated rings. The molecule has 2 aliphatic rings. The summed E-state index contributed by atoms with van der Waals surface area (Å²) in [7, 11) is 0. The van der Waals surface area contributed by atoms with Crippen LogP contribution in [0.3, 0.4) is 0 Å². The molecule has 0 aromatic heterocycles. The number of benzene rings is 1. The third-order valence-corrected chi connectivity index (χ3v) is 5.05. The number of nitrogens with one attached hydrogen (secondary N) is 2. The highest BCUT2D eigenvalue weighted by atomic mass is 79.9. The second kappa shape index (κ2) is 7.41. The van der Waals surface area contributed by atoms with E-state index in [0.717, 1.165) is 10.0 Å². The zero-order chi connectivity index (χ0) is 18.8. The monoisotopic (exact) mass is 418 g/mol. The van der Waals surface area contributed by atoms with Gasteiger partial charge in [0.2, 0.25) is 11.8 Å². The Kier molecular flexibility index (Phi) is 5.22. The average Bonchev–Trinajstić information content (AvgIpc) is 3.11. The molecule has 136 valence electrons. The number of carbonyl (C=O) groups excluding carboxylic acids is 2. The molecule has 2 unspecified atom stereocenters. The Hall–Kier alpha value is -2.48. The zero-order valence-electron chi connectivity index (χ0n) is 14.5. The number of rotatable bonds is 6. The van der Waals surface area contributed by atoms with Crippen LogP contribution in [0, 0.1) is 11.8 Å². The van der Waals surface area contributed by atoms with Crippen LogP contribution in [0.25, 0.3) is 0 Å². The van der Waals surface area contributed by atoms with Crippen LogP contribution in [0.2, 0.25) is 0 Å². The van der Waals surface area contributed by atoms with E-state index in [0.29, 0.717) is 23.8 Å². The van der Waals surface area contributed by atoms with Crippen LogP contribution in [0.1, 0.15) is 25.3 Å². The fraction of sp³-hybridized carbons (Fsp3) is 0.333. The lowest BCUT2D eigenvalue weighted by molar-refractivity contribution is -0.125. The zero-order valence-corrected chi connectivity index (χ0v) is 16.0. The molecule has 0 aliphatic carbocycles. The maximum atomic E-state index is 12.5. The van der Waals surface area contributed by atoms with Crippen molar-refractivity contribution >= 4 is 39.2 Å². The highest BCUT2D eigenvalue weighted by Gasteiger charge is 2.46. The number of amides is 2. The number of carbonyl (C=O) groups is 2. The number of ether oxygens (including phenoxy) is 1. The Balaban J connectivity index is 2.15. The van der Waals surface area contributed by atoms with Gasteiger partial charge in [0.25, 0.3) is 0 Å². The Morgan fingerprint density at radius 2 is 1.77 bits per heavy atom. The van der Waals surface area contributed by atoms with Gasteiger partial charge in [-0.25, -0.2) is 10.9 Å². The number of nitrogens with zero attached hydrogens (tertiary/aromatic N) is 2. The van der Waals surface area contributed by atoms with Crippen molar-refractivity contribution in [2.24, 2.45) is 22.0 Å². The minimum Gasteiger partial charge on any atom is -0.489 e. The van der Waals surface area contributed by atoms with Crippen LogP contribution in [0.5, 0.6) is 5.75 Å². The van der Waals surface area contributed by atoms with Gasteiger partial charge in [-0.15, -0.1) is 0 Å². The summed E-state index contributed by atoms with van der Waals surface area (Å²) in [6.07, 6.45) is 1.64. The first kappa shape index (κ1) is 18.3. The molecule has 1 aromatic carbocycles. The van der Waals surface area contributed by atoms with Crippen molar-refractivity contribution in [3.8, 4) is 5.75 Å². The second-order valence-corrected chi connectivity index (χ2v) is 7.14. The SMILES string of the molecule is C=CCOc1ccc(Br)cc1C(C1C(=O)NN=C1C)C1C(=O)NN=C1C. The van der Waals surface area contributed by atoms with Gasteiger partial charge in [0.15, 0.2) is 0 Å². The molecule has 2 amide bonds. The predicted molar refractivity (Wildman–Crippen MR) is 102 cm³/mol. The molecule has 2 aliphatic heterocycles. The van der Waals surface area contributed by atoms with Crippen molar-refractivity contribution in [3.63, 3.8) is 0 Å². The molecule has 8 heteroatoms. The van der Waals surface area contributed by atoms with Gasteiger partial charge in [0.1, 0.15) is 12.4 Å². The van der Waals surface area contributed by atoms with E-state index in [1.165, 1.54) is 0 Å².